The number of nitrogens with zero attached hydrogens (tertiary/aromatic N) is 3. The molecular formula is C20H17ClFN3O2. The van der Waals surface area contributed by atoms with E-state index in [-0.39, 0.29) is 11.7 Å². The van der Waals surface area contributed by atoms with E-state index in [0.29, 0.717) is 48.4 Å². The van der Waals surface area contributed by atoms with Crippen LogP contribution in [0.15, 0.2) is 54.6 Å². The smallest absolute Gasteiger partial charge is 0.272 e. The Kier molecular flexibility index (Phi) is 4.92. The molecule has 1 saturated heterocycles. The maximum atomic E-state index is 13.3. The van der Waals surface area contributed by atoms with Gasteiger partial charge in [-0.2, -0.15) is 5.10 Å². The molecule has 2 aromatic carbocycles. The molecule has 1 aliphatic heterocycles. The second-order valence-electron chi connectivity index (χ2n) is 6.19. The summed E-state index contributed by atoms with van der Waals surface area (Å²) in [5.74, 6) is -0.494. The molecule has 1 aliphatic rings. The van der Waals surface area contributed by atoms with Crippen LogP contribution in [0.3, 0.4) is 0 Å². The van der Waals surface area contributed by atoms with E-state index in [1.54, 1.807) is 29.2 Å². The van der Waals surface area contributed by atoms with Crippen LogP contribution in [0.2, 0.25) is 5.02 Å². The highest BCUT2D eigenvalue weighted by molar-refractivity contribution is 6.33. The topological polar surface area (TPSA) is 47.4 Å². The highest BCUT2D eigenvalue weighted by Gasteiger charge is 2.24. The number of amides is 1. The average molecular weight is 386 g/mol. The lowest BCUT2D eigenvalue weighted by molar-refractivity contribution is 0.0297. The molecule has 0 aliphatic carbocycles. The standard InChI is InChI=1S/C20H17ClFN3O2/c21-17-4-2-1-3-16(17)18-13-19(20(26)24-9-11-27-12-10-24)25(23-18)15-7-5-14(22)6-8-15/h1-8,13H,9-12H2. The number of carbonyl (C=O) groups excluding carboxylic acids is 1. The van der Waals surface area contributed by atoms with Gasteiger partial charge in [0.05, 0.1) is 29.6 Å². The van der Waals surface area contributed by atoms with Crippen molar-refractivity contribution in [3.63, 3.8) is 0 Å². The number of carbonyl (C=O) groups is 1. The molecular weight excluding hydrogens is 369 g/mol. The van der Waals surface area contributed by atoms with Gasteiger partial charge in [0.15, 0.2) is 0 Å². The second kappa shape index (κ2) is 7.50. The van der Waals surface area contributed by atoms with E-state index in [2.05, 4.69) is 5.10 Å². The molecule has 0 spiro atoms. The van der Waals surface area contributed by atoms with Gasteiger partial charge in [-0.1, -0.05) is 29.8 Å². The minimum absolute atomic E-state index is 0.145. The molecule has 7 heteroatoms. The van der Waals surface area contributed by atoms with E-state index in [1.165, 1.54) is 16.8 Å². The van der Waals surface area contributed by atoms with Crippen LogP contribution >= 0.6 is 11.6 Å². The van der Waals surface area contributed by atoms with Gasteiger partial charge in [-0.15, -0.1) is 0 Å². The van der Waals surface area contributed by atoms with Crippen LogP contribution < -0.4 is 0 Å². The van der Waals surface area contributed by atoms with Crippen molar-refractivity contribution in [2.45, 2.75) is 0 Å². The third-order valence-corrected chi connectivity index (χ3v) is 4.78. The number of rotatable bonds is 3. The normalized spacial score (nSPS) is 14.4. The third kappa shape index (κ3) is 3.59. The summed E-state index contributed by atoms with van der Waals surface area (Å²) in [5.41, 5.74) is 2.32. The third-order valence-electron chi connectivity index (χ3n) is 4.45. The fraction of sp³-hybridized carbons (Fsp3) is 0.200. The first-order valence-corrected chi connectivity index (χ1v) is 8.99. The zero-order chi connectivity index (χ0) is 18.8. The van der Waals surface area contributed by atoms with E-state index in [4.69, 9.17) is 16.3 Å². The van der Waals surface area contributed by atoms with Crippen molar-refractivity contribution >= 4 is 17.5 Å². The first-order valence-electron chi connectivity index (χ1n) is 8.61. The maximum absolute atomic E-state index is 13.3. The Morgan fingerprint density at radius 2 is 1.78 bits per heavy atom. The van der Waals surface area contributed by atoms with E-state index in [1.807, 2.05) is 18.2 Å². The zero-order valence-electron chi connectivity index (χ0n) is 14.4. The van der Waals surface area contributed by atoms with Gasteiger partial charge in [-0.25, -0.2) is 9.07 Å². The average Bonchev–Trinajstić information content (AvgIpc) is 3.14. The molecule has 2 heterocycles. The molecule has 5 nitrogen and oxygen atoms in total. The predicted molar refractivity (Wildman–Crippen MR) is 101 cm³/mol. The Hall–Kier alpha value is -2.70. The minimum atomic E-state index is -0.349. The molecule has 1 fully saturated rings. The predicted octanol–water partition coefficient (Wildman–Crippen LogP) is 3.80. The molecule has 4 rings (SSSR count). The molecule has 138 valence electrons. The van der Waals surface area contributed by atoms with Crippen LogP contribution in [0, 0.1) is 5.82 Å². The van der Waals surface area contributed by atoms with Gasteiger partial charge in [0.1, 0.15) is 11.5 Å². The van der Waals surface area contributed by atoms with Crippen molar-refractivity contribution in [2.75, 3.05) is 26.3 Å². The molecule has 1 amide bonds. The quantitative estimate of drug-likeness (QED) is 0.689. The molecule has 27 heavy (non-hydrogen) atoms. The van der Waals surface area contributed by atoms with Crippen LogP contribution in [0.1, 0.15) is 10.5 Å². The monoisotopic (exact) mass is 385 g/mol. The molecule has 3 aromatic rings. The number of aromatic nitrogens is 2. The van der Waals surface area contributed by atoms with Crippen molar-refractivity contribution in [1.82, 2.24) is 14.7 Å². The lowest BCUT2D eigenvalue weighted by Gasteiger charge is -2.26. The van der Waals surface area contributed by atoms with Crippen LogP contribution in [0.25, 0.3) is 16.9 Å². The zero-order valence-corrected chi connectivity index (χ0v) is 15.2. The number of morpholine rings is 1. The highest BCUT2D eigenvalue weighted by atomic mass is 35.5. The number of ether oxygens (including phenoxy) is 1. The number of halogens is 2. The summed E-state index contributed by atoms with van der Waals surface area (Å²) in [6, 6.07) is 14.9. The number of hydrogen-bond acceptors (Lipinski definition) is 3. The largest absolute Gasteiger partial charge is 0.378 e. The Bertz CT molecular complexity index is 966. The summed E-state index contributed by atoms with van der Waals surface area (Å²) >= 11 is 6.30. The summed E-state index contributed by atoms with van der Waals surface area (Å²) in [4.78, 5) is 14.8. The van der Waals surface area contributed by atoms with Crippen LogP contribution in [-0.4, -0.2) is 46.9 Å². The maximum Gasteiger partial charge on any atom is 0.272 e. The molecule has 0 radical (unpaired) electrons. The summed E-state index contributed by atoms with van der Waals surface area (Å²) in [6.07, 6.45) is 0. The van der Waals surface area contributed by atoms with E-state index >= 15 is 0 Å². The van der Waals surface area contributed by atoms with Gasteiger partial charge >= 0.3 is 0 Å². The van der Waals surface area contributed by atoms with E-state index in [9.17, 15) is 9.18 Å². The summed E-state index contributed by atoms with van der Waals surface area (Å²) in [6.45, 7) is 2.06. The fourth-order valence-electron chi connectivity index (χ4n) is 3.04. The first kappa shape index (κ1) is 17.7. The van der Waals surface area contributed by atoms with Crippen molar-refractivity contribution in [2.24, 2.45) is 0 Å². The molecule has 0 unspecified atom stereocenters. The highest BCUT2D eigenvalue weighted by Crippen LogP contribution is 2.28. The van der Waals surface area contributed by atoms with Crippen LogP contribution in [-0.2, 0) is 4.74 Å². The molecule has 0 N–H and O–H groups in total. The van der Waals surface area contributed by atoms with Crippen molar-refractivity contribution < 1.29 is 13.9 Å². The van der Waals surface area contributed by atoms with Gasteiger partial charge in [-0.3, -0.25) is 4.79 Å². The summed E-state index contributed by atoms with van der Waals surface area (Å²) in [7, 11) is 0. The molecule has 0 saturated carbocycles. The Morgan fingerprint density at radius 1 is 1.07 bits per heavy atom. The minimum Gasteiger partial charge on any atom is -0.378 e. The van der Waals surface area contributed by atoms with Crippen molar-refractivity contribution in [3.05, 3.63) is 71.1 Å². The Morgan fingerprint density at radius 3 is 2.48 bits per heavy atom. The lowest BCUT2D eigenvalue weighted by Crippen LogP contribution is -2.41. The van der Waals surface area contributed by atoms with Gasteiger partial charge < -0.3 is 9.64 Å². The number of hydrogen-bond donors (Lipinski definition) is 0. The lowest BCUT2D eigenvalue weighted by atomic mass is 10.1. The van der Waals surface area contributed by atoms with Crippen LogP contribution in [0.5, 0.6) is 0 Å². The molecule has 0 atom stereocenters. The Labute approximate surface area is 160 Å². The van der Waals surface area contributed by atoms with Crippen molar-refractivity contribution in [1.29, 1.82) is 0 Å². The second-order valence-corrected chi connectivity index (χ2v) is 6.59. The summed E-state index contributed by atoms with van der Waals surface area (Å²) in [5, 5.41) is 5.14. The SMILES string of the molecule is O=C(c1cc(-c2ccccc2Cl)nn1-c1ccc(F)cc1)N1CCOCC1. The van der Waals surface area contributed by atoms with E-state index in [0.717, 1.165) is 5.56 Å². The first-order chi connectivity index (χ1) is 13.1. The van der Waals surface area contributed by atoms with Crippen molar-refractivity contribution in [3.8, 4) is 16.9 Å². The van der Waals surface area contributed by atoms with Gasteiger partial charge in [0.2, 0.25) is 0 Å². The van der Waals surface area contributed by atoms with Gasteiger partial charge in [-0.05, 0) is 36.4 Å². The Balaban J connectivity index is 1.81. The van der Waals surface area contributed by atoms with Gasteiger partial charge in [0, 0.05) is 18.7 Å². The fourth-order valence-corrected chi connectivity index (χ4v) is 3.27. The van der Waals surface area contributed by atoms with E-state index < -0.39 is 0 Å². The molecule has 0 bridgehead atoms. The number of benzene rings is 2. The van der Waals surface area contributed by atoms with Gasteiger partial charge in [0.25, 0.3) is 5.91 Å². The van der Waals surface area contributed by atoms with Crippen LogP contribution in [0.4, 0.5) is 4.39 Å². The molecule has 1 aromatic heterocycles. The summed E-state index contributed by atoms with van der Waals surface area (Å²) < 4.78 is 20.2.